The van der Waals surface area contributed by atoms with Crippen LogP contribution in [0.5, 0.6) is 5.75 Å². The molecule has 0 radical (unpaired) electrons. The molecule has 1 aromatic carbocycles. The van der Waals surface area contributed by atoms with Crippen LogP contribution in [-0.4, -0.2) is 30.0 Å². The van der Waals surface area contributed by atoms with Crippen molar-refractivity contribution in [3.05, 3.63) is 29.8 Å². The van der Waals surface area contributed by atoms with Crippen LogP contribution in [0.3, 0.4) is 0 Å². The molecule has 0 aromatic heterocycles. The zero-order valence-electron chi connectivity index (χ0n) is 11.5. The highest BCUT2D eigenvalue weighted by atomic mass is 16.5. The van der Waals surface area contributed by atoms with Crippen LogP contribution in [0.25, 0.3) is 0 Å². The van der Waals surface area contributed by atoms with E-state index in [1.54, 1.807) is 0 Å². The van der Waals surface area contributed by atoms with E-state index in [1.165, 1.54) is 0 Å². The first-order valence-electron chi connectivity index (χ1n) is 6.94. The largest absolute Gasteiger partial charge is 0.494 e. The van der Waals surface area contributed by atoms with Gasteiger partial charge >= 0.3 is 0 Å². The lowest BCUT2D eigenvalue weighted by Gasteiger charge is -2.16. The van der Waals surface area contributed by atoms with Crippen molar-refractivity contribution in [1.29, 1.82) is 0 Å². The average molecular weight is 262 g/mol. The Morgan fingerprint density at radius 2 is 2.11 bits per heavy atom. The Morgan fingerprint density at radius 1 is 1.37 bits per heavy atom. The molecule has 2 N–H and O–H groups in total. The smallest absolute Gasteiger partial charge is 0.224 e. The molecule has 4 nitrogen and oxygen atoms in total. The van der Waals surface area contributed by atoms with Crippen LogP contribution in [0, 0.1) is 0 Å². The second kappa shape index (κ2) is 6.57. The van der Waals surface area contributed by atoms with E-state index in [1.807, 2.05) is 29.2 Å². The van der Waals surface area contributed by atoms with Gasteiger partial charge in [0.25, 0.3) is 0 Å². The van der Waals surface area contributed by atoms with E-state index in [0.29, 0.717) is 19.5 Å². The zero-order chi connectivity index (χ0) is 13.7. The summed E-state index contributed by atoms with van der Waals surface area (Å²) in [4.78, 5) is 13.5. The minimum absolute atomic E-state index is 0.0100. The summed E-state index contributed by atoms with van der Waals surface area (Å²) in [6.45, 7) is 4.20. The number of carbonyl (C=O) groups is 1. The summed E-state index contributed by atoms with van der Waals surface area (Å²) in [5.74, 6) is 1.04. The van der Waals surface area contributed by atoms with Crippen LogP contribution in [0.2, 0.25) is 0 Å². The molecule has 104 valence electrons. The van der Waals surface area contributed by atoms with Crippen molar-refractivity contribution in [2.75, 3.05) is 13.2 Å². The summed E-state index contributed by atoms with van der Waals surface area (Å²) in [6.07, 6.45) is 2.68. The van der Waals surface area contributed by atoms with Gasteiger partial charge in [-0.15, -0.1) is 0 Å². The van der Waals surface area contributed by atoms with Gasteiger partial charge < -0.3 is 15.4 Å². The molecule has 0 spiro atoms. The number of nitrogens with two attached hydrogens (primary N) is 1. The summed E-state index contributed by atoms with van der Waals surface area (Å²) < 4.78 is 5.61. The van der Waals surface area contributed by atoms with Crippen LogP contribution in [0.1, 0.15) is 31.7 Å². The number of nitrogens with zero attached hydrogens (tertiary/aromatic N) is 1. The molecule has 1 aliphatic heterocycles. The molecule has 1 atom stereocenters. The van der Waals surface area contributed by atoms with Gasteiger partial charge in [-0.25, -0.2) is 0 Å². The molecule has 4 heteroatoms. The second-order valence-electron chi connectivity index (χ2n) is 5.08. The van der Waals surface area contributed by atoms with Crippen molar-refractivity contribution >= 4 is 5.91 Å². The van der Waals surface area contributed by atoms with Crippen molar-refractivity contribution < 1.29 is 9.53 Å². The summed E-state index contributed by atoms with van der Waals surface area (Å²) in [5.41, 5.74) is 6.89. The third kappa shape index (κ3) is 3.96. The first-order valence-corrected chi connectivity index (χ1v) is 6.94. The number of amides is 1. The van der Waals surface area contributed by atoms with Crippen molar-refractivity contribution in [3.63, 3.8) is 0 Å². The van der Waals surface area contributed by atoms with Crippen LogP contribution in [-0.2, 0) is 11.3 Å². The Morgan fingerprint density at radius 3 is 2.68 bits per heavy atom. The summed E-state index contributed by atoms with van der Waals surface area (Å²) in [7, 11) is 0. The van der Waals surface area contributed by atoms with E-state index in [9.17, 15) is 4.79 Å². The molecule has 1 amide bonds. The third-order valence-corrected chi connectivity index (χ3v) is 3.31. The van der Waals surface area contributed by atoms with E-state index < -0.39 is 0 Å². The molecule has 1 saturated heterocycles. The van der Waals surface area contributed by atoms with Gasteiger partial charge in [-0.05, 0) is 24.1 Å². The van der Waals surface area contributed by atoms with Gasteiger partial charge in [-0.3, -0.25) is 4.79 Å². The fourth-order valence-corrected chi connectivity index (χ4v) is 2.20. The van der Waals surface area contributed by atoms with Gasteiger partial charge in [0.05, 0.1) is 6.61 Å². The molecule has 1 aliphatic rings. The van der Waals surface area contributed by atoms with E-state index in [2.05, 4.69) is 6.92 Å². The third-order valence-electron chi connectivity index (χ3n) is 3.31. The Kier molecular flexibility index (Phi) is 4.80. The zero-order valence-corrected chi connectivity index (χ0v) is 11.5. The molecule has 19 heavy (non-hydrogen) atoms. The number of rotatable bonds is 6. The maximum absolute atomic E-state index is 11.7. The van der Waals surface area contributed by atoms with Crippen molar-refractivity contribution in [2.24, 2.45) is 5.73 Å². The summed E-state index contributed by atoms with van der Waals surface area (Å²) >= 11 is 0. The van der Waals surface area contributed by atoms with Gasteiger partial charge in [0.15, 0.2) is 0 Å². The lowest BCUT2D eigenvalue weighted by Crippen LogP contribution is -2.27. The van der Waals surface area contributed by atoms with Crippen LogP contribution in [0.15, 0.2) is 24.3 Å². The Labute approximate surface area is 114 Å². The lowest BCUT2D eigenvalue weighted by atomic mass is 10.2. The molecular formula is C15H22N2O2. The monoisotopic (exact) mass is 262 g/mol. The quantitative estimate of drug-likeness (QED) is 0.797. The molecule has 2 rings (SSSR count). The lowest BCUT2D eigenvalue weighted by molar-refractivity contribution is -0.128. The number of unbranched alkanes of at least 4 members (excludes halogenated alkanes) is 1. The maximum atomic E-state index is 11.7. The fourth-order valence-electron chi connectivity index (χ4n) is 2.20. The highest BCUT2D eigenvalue weighted by Gasteiger charge is 2.26. The Bertz CT molecular complexity index is 417. The van der Waals surface area contributed by atoms with E-state index >= 15 is 0 Å². The van der Waals surface area contributed by atoms with E-state index in [-0.39, 0.29) is 11.9 Å². The molecule has 0 bridgehead atoms. The Hall–Kier alpha value is -1.55. The number of benzene rings is 1. The normalized spacial score (nSPS) is 18.9. The first kappa shape index (κ1) is 13.9. The highest BCUT2D eigenvalue weighted by Crippen LogP contribution is 2.17. The molecule has 1 unspecified atom stereocenters. The van der Waals surface area contributed by atoms with Crippen molar-refractivity contribution in [1.82, 2.24) is 4.90 Å². The molecule has 1 aromatic rings. The van der Waals surface area contributed by atoms with Gasteiger partial charge in [0, 0.05) is 25.6 Å². The summed E-state index contributed by atoms with van der Waals surface area (Å²) in [5, 5.41) is 0. The van der Waals surface area contributed by atoms with E-state index in [0.717, 1.165) is 30.8 Å². The first-order chi connectivity index (χ1) is 9.19. The predicted octanol–water partition coefficient (Wildman–Crippen LogP) is 1.93. The standard InChI is InChI=1S/C15H22N2O2/c1-2-3-8-19-14-6-4-12(5-7-14)10-17-11-13(16)9-15(17)18/h4-7,13H,2-3,8-11,16H2,1H3. The van der Waals surface area contributed by atoms with Gasteiger partial charge in [0.2, 0.25) is 5.91 Å². The molecular weight excluding hydrogens is 240 g/mol. The van der Waals surface area contributed by atoms with Gasteiger partial charge in [0.1, 0.15) is 5.75 Å². The predicted molar refractivity (Wildman–Crippen MR) is 74.9 cm³/mol. The van der Waals surface area contributed by atoms with Crippen LogP contribution in [0.4, 0.5) is 0 Å². The fraction of sp³-hybridized carbons (Fsp3) is 0.533. The Balaban J connectivity index is 1.86. The topological polar surface area (TPSA) is 55.6 Å². The molecule has 0 aliphatic carbocycles. The van der Waals surface area contributed by atoms with Crippen LogP contribution < -0.4 is 10.5 Å². The number of hydrogen-bond acceptors (Lipinski definition) is 3. The number of hydrogen-bond donors (Lipinski definition) is 1. The molecule has 1 heterocycles. The summed E-state index contributed by atoms with van der Waals surface area (Å²) in [6, 6.07) is 7.94. The number of carbonyl (C=O) groups excluding carboxylic acids is 1. The van der Waals surface area contributed by atoms with Gasteiger partial charge in [-0.1, -0.05) is 25.5 Å². The minimum Gasteiger partial charge on any atom is -0.494 e. The van der Waals surface area contributed by atoms with E-state index in [4.69, 9.17) is 10.5 Å². The highest BCUT2D eigenvalue weighted by molar-refractivity contribution is 5.79. The van der Waals surface area contributed by atoms with Crippen molar-refractivity contribution in [2.45, 2.75) is 38.8 Å². The molecule has 0 saturated carbocycles. The second-order valence-corrected chi connectivity index (χ2v) is 5.08. The van der Waals surface area contributed by atoms with Gasteiger partial charge in [-0.2, -0.15) is 0 Å². The SMILES string of the molecule is CCCCOc1ccc(CN2CC(N)CC2=O)cc1. The van der Waals surface area contributed by atoms with Crippen LogP contribution >= 0.6 is 0 Å². The molecule has 1 fully saturated rings. The maximum Gasteiger partial charge on any atom is 0.224 e. The average Bonchev–Trinajstić information content (AvgIpc) is 2.70. The van der Waals surface area contributed by atoms with Crippen molar-refractivity contribution in [3.8, 4) is 5.75 Å². The number of ether oxygens (including phenoxy) is 1. The minimum atomic E-state index is -0.0100. The number of likely N-dealkylation sites (tertiary alicyclic amines) is 1.